The predicted molar refractivity (Wildman–Crippen MR) is 67.2 cm³/mol. The van der Waals surface area contributed by atoms with Crippen LogP contribution in [-0.4, -0.2) is 24.4 Å². The van der Waals surface area contributed by atoms with E-state index in [4.69, 9.17) is 0 Å². The average molecular weight is 293 g/mol. The summed E-state index contributed by atoms with van der Waals surface area (Å²) in [7, 11) is 1.86. The van der Waals surface area contributed by atoms with Crippen LogP contribution >= 0.6 is 15.9 Å². The van der Waals surface area contributed by atoms with E-state index in [0.29, 0.717) is 5.95 Å². The first-order valence-corrected chi connectivity index (χ1v) is 5.77. The van der Waals surface area contributed by atoms with Crippen molar-refractivity contribution in [2.75, 3.05) is 5.32 Å². The van der Waals surface area contributed by atoms with Crippen LogP contribution in [0.15, 0.2) is 35.2 Å². The Balaban J connectivity index is 1.95. The van der Waals surface area contributed by atoms with Crippen LogP contribution in [0, 0.1) is 0 Å². The van der Waals surface area contributed by atoms with Gasteiger partial charge in [0, 0.05) is 23.9 Å². The number of nitrogens with zero attached hydrogens (tertiary/aromatic N) is 5. The lowest BCUT2D eigenvalue weighted by Gasteiger charge is -1.93. The highest BCUT2D eigenvalue weighted by Gasteiger charge is 2.04. The maximum atomic E-state index is 4.34. The molecule has 1 N–H and O–H groups in total. The monoisotopic (exact) mass is 292 g/mol. The standard InChI is InChI=1S/C10H9BrN6/c1-16-6-8(4-12-16)13-10-14-9-3-2-7(11)5-17(9)15-10/h2-6H,1H3,(H,13,15). The van der Waals surface area contributed by atoms with Crippen molar-refractivity contribution in [1.29, 1.82) is 0 Å². The van der Waals surface area contributed by atoms with E-state index in [0.717, 1.165) is 15.8 Å². The van der Waals surface area contributed by atoms with Gasteiger partial charge in [0.25, 0.3) is 0 Å². The third-order valence-electron chi connectivity index (χ3n) is 2.26. The number of halogens is 1. The van der Waals surface area contributed by atoms with Gasteiger partial charge in [0.1, 0.15) is 0 Å². The summed E-state index contributed by atoms with van der Waals surface area (Å²) in [6.07, 6.45) is 5.44. The second kappa shape index (κ2) is 3.85. The number of rotatable bonds is 2. The van der Waals surface area contributed by atoms with E-state index in [1.54, 1.807) is 15.4 Å². The SMILES string of the molecule is Cn1cc(Nc2nc3ccc(Br)cn3n2)cn1. The van der Waals surface area contributed by atoms with Crippen molar-refractivity contribution in [1.82, 2.24) is 24.4 Å². The molecule has 0 aliphatic carbocycles. The van der Waals surface area contributed by atoms with Crippen molar-refractivity contribution in [2.45, 2.75) is 0 Å². The van der Waals surface area contributed by atoms with Crippen molar-refractivity contribution in [3.05, 3.63) is 35.2 Å². The molecule has 3 rings (SSSR count). The van der Waals surface area contributed by atoms with Crippen molar-refractivity contribution in [2.24, 2.45) is 7.05 Å². The Labute approximate surface area is 105 Å². The highest BCUT2D eigenvalue weighted by Crippen LogP contribution is 2.15. The van der Waals surface area contributed by atoms with Crippen LogP contribution in [0.1, 0.15) is 0 Å². The first kappa shape index (κ1) is 10.3. The molecular formula is C10H9BrN6. The summed E-state index contributed by atoms with van der Waals surface area (Å²) in [6.45, 7) is 0. The van der Waals surface area contributed by atoms with Crippen molar-refractivity contribution < 1.29 is 0 Å². The summed E-state index contributed by atoms with van der Waals surface area (Å²) < 4.78 is 4.39. The quantitative estimate of drug-likeness (QED) is 0.784. The van der Waals surface area contributed by atoms with Gasteiger partial charge in [-0.15, -0.1) is 5.10 Å². The van der Waals surface area contributed by atoms with E-state index in [9.17, 15) is 0 Å². The molecule has 0 aliphatic heterocycles. The number of aromatic nitrogens is 5. The lowest BCUT2D eigenvalue weighted by Crippen LogP contribution is -1.92. The molecule has 0 fully saturated rings. The summed E-state index contributed by atoms with van der Waals surface area (Å²) in [4.78, 5) is 4.34. The fourth-order valence-corrected chi connectivity index (χ4v) is 1.85. The first-order valence-electron chi connectivity index (χ1n) is 4.98. The van der Waals surface area contributed by atoms with Gasteiger partial charge in [0.15, 0.2) is 5.65 Å². The van der Waals surface area contributed by atoms with Crippen LogP contribution in [0.5, 0.6) is 0 Å². The largest absolute Gasteiger partial charge is 0.320 e. The lowest BCUT2D eigenvalue weighted by molar-refractivity contribution is 0.768. The summed E-state index contributed by atoms with van der Waals surface area (Å²) in [5.41, 5.74) is 1.65. The molecule has 0 spiro atoms. The highest BCUT2D eigenvalue weighted by molar-refractivity contribution is 9.10. The molecule has 0 atom stereocenters. The number of pyridine rings is 1. The number of aryl methyl sites for hydroxylation is 1. The van der Waals surface area contributed by atoms with Crippen LogP contribution in [-0.2, 0) is 7.05 Å². The number of anilines is 2. The van der Waals surface area contributed by atoms with Gasteiger partial charge in [0.05, 0.1) is 11.9 Å². The minimum atomic E-state index is 0.552. The van der Waals surface area contributed by atoms with Gasteiger partial charge in [-0.25, -0.2) is 4.52 Å². The minimum absolute atomic E-state index is 0.552. The summed E-state index contributed by atoms with van der Waals surface area (Å²) in [5, 5.41) is 11.5. The molecule has 0 aliphatic rings. The van der Waals surface area contributed by atoms with Crippen LogP contribution in [0.25, 0.3) is 5.65 Å². The van der Waals surface area contributed by atoms with Crippen LogP contribution in [0.3, 0.4) is 0 Å². The maximum Gasteiger partial charge on any atom is 0.247 e. The van der Waals surface area contributed by atoms with Crippen LogP contribution in [0.2, 0.25) is 0 Å². The molecule has 3 aromatic heterocycles. The molecule has 0 amide bonds. The second-order valence-electron chi connectivity index (χ2n) is 3.61. The molecule has 0 bridgehead atoms. The zero-order valence-corrected chi connectivity index (χ0v) is 10.6. The molecule has 0 aromatic carbocycles. The topological polar surface area (TPSA) is 60.0 Å². The van der Waals surface area contributed by atoms with Gasteiger partial charge in [-0.1, -0.05) is 0 Å². The normalized spacial score (nSPS) is 10.9. The Morgan fingerprint density at radius 3 is 2.94 bits per heavy atom. The van der Waals surface area contributed by atoms with E-state index in [1.807, 2.05) is 31.6 Å². The Hall–Kier alpha value is -1.89. The van der Waals surface area contributed by atoms with E-state index < -0.39 is 0 Å². The Kier molecular flexibility index (Phi) is 2.32. The van der Waals surface area contributed by atoms with E-state index in [2.05, 4.69) is 36.4 Å². The maximum absolute atomic E-state index is 4.34. The third kappa shape index (κ3) is 2.01. The van der Waals surface area contributed by atoms with Crippen molar-refractivity contribution >= 4 is 33.2 Å². The Bertz CT molecular complexity index is 670. The number of hydrogen-bond donors (Lipinski definition) is 1. The van der Waals surface area contributed by atoms with E-state index >= 15 is 0 Å². The molecule has 0 saturated heterocycles. The Morgan fingerprint density at radius 2 is 2.18 bits per heavy atom. The zero-order valence-electron chi connectivity index (χ0n) is 9.00. The van der Waals surface area contributed by atoms with Crippen LogP contribution < -0.4 is 5.32 Å². The van der Waals surface area contributed by atoms with Crippen molar-refractivity contribution in [3.63, 3.8) is 0 Å². The molecule has 3 aromatic rings. The molecule has 3 heterocycles. The summed E-state index contributed by atoms with van der Waals surface area (Å²) in [5.74, 6) is 0.552. The van der Waals surface area contributed by atoms with Crippen LogP contribution in [0.4, 0.5) is 11.6 Å². The molecule has 7 heteroatoms. The van der Waals surface area contributed by atoms with Gasteiger partial charge in [-0.2, -0.15) is 10.1 Å². The molecule has 0 radical (unpaired) electrons. The Morgan fingerprint density at radius 1 is 1.29 bits per heavy atom. The van der Waals surface area contributed by atoms with Crippen molar-refractivity contribution in [3.8, 4) is 0 Å². The van der Waals surface area contributed by atoms with Gasteiger partial charge >= 0.3 is 0 Å². The van der Waals surface area contributed by atoms with Gasteiger partial charge in [-0.05, 0) is 28.1 Å². The van der Waals surface area contributed by atoms with E-state index in [1.165, 1.54) is 0 Å². The fourth-order valence-electron chi connectivity index (χ4n) is 1.53. The van der Waals surface area contributed by atoms with E-state index in [-0.39, 0.29) is 0 Å². The lowest BCUT2D eigenvalue weighted by atomic mass is 10.5. The number of fused-ring (bicyclic) bond motifs is 1. The highest BCUT2D eigenvalue weighted by atomic mass is 79.9. The molecular weight excluding hydrogens is 284 g/mol. The number of nitrogens with one attached hydrogen (secondary N) is 1. The molecule has 0 unspecified atom stereocenters. The third-order valence-corrected chi connectivity index (χ3v) is 2.72. The second-order valence-corrected chi connectivity index (χ2v) is 4.53. The fraction of sp³-hybridized carbons (Fsp3) is 0.100. The van der Waals surface area contributed by atoms with Gasteiger partial charge in [-0.3, -0.25) is 4.68 Å². The summed E-state index contributed by atoms with van der Waals surface area (Å²) >= 11 is 3.39. The summed E-state index contributed by atoms with van der Waals surface area (Å²) in [6, 6.07) is 3.82. The average Bonchev–Trinajstić information content (AvgIpc) is 2.84. The molecule has 0 saturated carbocycles. The first-order chi connectivity index (χ1) is 8.20. The smallest absolute Gasteiger partial charge is 0.247 e. The molecule has 6 nitrogen and oxygen atoms in total. The van der Waals surface area contributed by atoms with Gasteiger partial charge < -0.3 is 5.32 Å². The molecule has 86 valence electrons. The van der Waals surface area contributed by atoms with Gasteiger partial charge in [0.2, 0.25) is 5.95 Å². The number of hydrogen-bond acceptors (Lipinski definition) is 4. The molecule has 17 heavy (non-hydrogen) atoms. The predicted octanol–water partition coefficient (Wildman–Crippen LogP) is 1.97. The minimum Gasteiger partial charge on any atom is -0.320 e. The zero-order chi connectivity index (χ0) is 11.8.